The number of carbonyl (C=O) groups is 1. The number of ether oxygens (including phenoxy) is 1. The van der Waals surface area contributed by atoms with Gasteiger partial charge < -0.3 is 19.5 Å². The third-order valence-electron chi connectivity index (χ3n) is 4.92. The van der Waals surface area contributed by atoms with Crippen molar-refractivity contribution in [3.63, 3.8) is 0 Å². The Bertz CT molecular complexity index is 519. The number of aromatic nitrogens is 2. The maximum atomic E-state index is 12.3. The van der Waals surface area contributed by atoms with E-state index < -0.39 is 0 Å². The zero-order chi connectivity index (χ0) is 16.2. The fourth-order valence-corrected chi connectivity index (χ4v) is 3.66. The van der Waals surface area contributed by atoms with Crippen LogP contribution in [0.25, 0.3) is 0 Å². The molecule has 1 aliphatic carbocycles. The number of amides is 2. The summed E-state index contributed by atoms with van der Waals surface area (Å²) in [5, 5.41) is 6.78. The van der Waals surface area contributed by atoms with Gasteiger partial charge in [0.1, 0.15) is 6.10 Å². The van der Waals surface area contributed by atoms with Gasteiger partial charge in [-0.1, -0.05) is 18.0 Å². The van der Waals surface area contributed by atoms with Gasteiger partial charge in [0.25, 0.3) is 0 Å². The molecular weight excluding hydrogens is 296 g/mol. The van der Waals surface area contributed by atoms with Crippen LogP contribution in [0.3, 0.4) is 0 Å². The third-order valence-corrected chi connectivity index (χ3v) is 4.92. The van der Waals surface area contributed by atoms with E-state index in [1.165, 1.54) is 25.7 Å². The molecule has 128 valence electrons. The fourth-order valence-electron chi connectivity index (χ4n) is 3.66. The summed E-state index contributed by atoms with van der Waals surface area (Å²) in [7, 11) is 0. The normalized spacial score (nSPS) is 25.2. The van der Waals surface area contributed by atoms with Crippen LogP contribution in [0, 0.1) is 11.8 Å². The van der Waals surface area contributed by atoms with E-state index in [-0.39, 0.29) is 18.7 Å². The Balaban J connectivity index is 1.47. The van der Waals surface area contributed by atoms with Crippen molar-refractivity contribution in [2.45, 2.75) is 52.2 Å². The van der Waals surface area contributed by atoms with Gasteiger partial charge in [0.05, 0.1) is 6.54 Å². The van der Waals surface area contributed by atoms with E-state index >= 15 is 0 Å². The molecule has 2 heterocycles. The molecule has 1 aromatic heterocycles. The van der Waals surface area contributed by atoms with Gasteiger partial charge in [-0.25, -0.2) is 4.79 Å². The predicted octanol–water partition coefficient (Wildman–Crippen LogP) is 2.50. The molecule has 1 N–H and O–H groups in total. The number of hydrogen-bond acceptors (Lipinski definition) is 5. The van der Waals surface area contributed by atoms with Crippen molar-refractivity contribution < 1.29 is 14.1 Å². The molecule has 1 aromatic rings. The molecule has 0 radical (unpaired) electrons. The Labute approximate surface area is 136 Å². The summed E-state index contributed by atoms with van der Waals surface area (Å²) in [6, 6.07) is -0.0305. The van der Waals surface area contributed by atoms with Crippen molar-refractivity contribution in [3.8, 4) is 0 Å². The second-order valence-electron chi connectivity index (χ2n) is 6.51. The van der Waals surface area contributed by atoms with Crippen molar-refractivity contribution in [2.24, 2.45) is 11.8 Å². The Morgan fingerprint density at radius 1 is 1.39 bits per heavy atom. The van der Waals surface area contributed by atoms with E-state index in [4.69, 9.17) is 9.26 Å². The zero-order valence-electron chi connectivity index (χ0n) is 14.0. The van der Waals surface area contributed by atoms with Crippen LogP contribution in [-0.4, -0.2) is 40.8 Å². The van der Waals surface area contributed by atoms with Crippen LogP contribution in [0.4, 0.5) is 4.79 Å². The van der Waals surface area contributed by atoms with Crippen LogP contribution >= 0.6 is 0 Å². The van der Waals surface area contributed by atoms with Crippen molar-refractivity contribution in [3.05, 3.63) is 11.7 Å². The van der Waals surface area contributed by atoms with Gasteiger partial charge >= 0.3 is 6.03 Å². The maximum Gasteiger partial charge on any atom is 0.317 e. The summed E-state index contributed by atoms with van der Waals surface area (Å²) in [6.07, 6.45) is 4.93. The summed E-state index contributed by atoms with van der Waals surface area (Å²) in [6.45, 7) is 6.42. The van der Waals surface area contributed by atoms with Crippen molar-refractivity contribution in [1.29, 1.82) is 0 Å². The summed E-state index contributed by atoms with van der Waals surface area (Å²) < 4.78 is 10.6. The van der Waals surface area contributed by atoms with E-state index in [0.717, 1.165) is 13.1 Å². The second-order valence-corrected chi connectivity index (χ2v) is 6.51. The highest BCUT2D eigenvalue weighted by Crippen LogP contribution is 2.35. The van der Waals surface area contributed by atoms with Crippen molar-refractivity contribution >= 4 is 6.03 Å². The molecule has 2 fully saturated rings. The van der Waals surface area contributed by atoms with Gasteiger partial charge in [0.15, 0.2) is 5.82 Å². The minimum atomic E-state index is -0.199. The smallest absolute Gasteiger partial charge is 0.317 e. The number of urea groups is 1. The molecule has 3 rings (SSSR count). The molecule has 1 saturated heterocycles. The lowest BCUT2D eigenvalue weighted by Crippen LogP contribution is -2.38. The van der Waals surface area contributed by atoms with E-state index in [2.05, 4.69) is 15.5 Å². The van der Waals surface area contributed by atoms with Gasteiger partial charge in [-0.05, 0) is 38.5 Å². The molecule has 2 amide bonds. The van der Waals surface area contributed by atoms with Crippen LogP contribution in [0.2, 0.25) is 0 Å². The lowest BCUT2D eigenvalue weighted by atomic mass is 9.82. The Hall–Kier alpha value is -1.63. The van der Waals surface area contributed by atoms with Gasteiger partial charge in [-0.3, -0.25) is 0 Å². The van der Waals surface area contributed by atoms with Crippen LogP contribution in [-0.2, 0) is 11.3 Å². The highest BCUT2D eigenvalue weighted by atomic mass is 16.5. The van der Waals surface area contributed by atoms with Crippen molar-refractivity contribution in [1.82, 2.24) is 20.4 Å². The molecule has 0 spiro atoms. The summed E-state index contributed by atoms with van der Waals surface area (Å²) in [5.74, 6) is 2.31. The standard InChI is InChI=1S/C16H26N4O3/c1-3-22-11(2)15-18-14(23-19-15)8-17-16(21)20-9-12-6-4-5-7-13(12)10-20/h11-13H,3-10H2,1-2H3,(H,17,21)/t11-,12+,13+/m1/s1. The molecule has 23 heavy (non-hydrogen) atoms. The quantitative estimate of drug-likeness (QED) is 0.901. The lowest BCUT2D eigenvalue weighted by molar-refractivity contribution is 0.0683. The average Bonchev–Trinajstić information content (AvgIpc) is 3.19. The Morgan fingerprint density at radius 3 is 2.74 bits per heavy atom. The van der Waals surface area contributed by atoms with Crippen LogP contribution in [0.5, 0.6) is 0 Å². The minimum absolute atomic E-state index is 0.0305. The fraction of sp³-hybridized carbons (Fsp3) is 0.812. The van der Waals surface area contributed by atoms with Crippen molar-refractivity contribution in [2.75, 3.05) is 19.7 Å². The first-order valence-electron chi connectivity index (χ1n) is 8.64. The molecule has 0 unspecified atom stereocenters. The highest BCUT2D eigenvalue weighted by molar-refractivity contribution is 5.74. The molecule has 7 heteroatoms. The number of fused-ring (bicyclic) bond motifs is 1. The number of nitrogens with one attached hydrogen (secondary N) is 1. The predicted molar refractivity (Wildman–Crippen MR) is 83.6 cm³/mol. The number of hydrogen-bond donors (Lipinski definition) is 1. The minimum Gasteiger partial charge on any atom is -0.371 e. The first kappa shape index (κ1) is 16.2. The van der Waals surface area contributed by atoms with Crippen LogP contribution in [0.15, 0.2) is 4.52 Å². The topological polar surface area (TPSA) is 80.5 Å². The molecule has 2 aliphatic rings. The molecule has 1 saturated carbocycles. The summed E-state index contributed by atoms with van der Waals surface area (Å²) in [4.78, 5) is 18.5. The van der Waals surface area contributed by atoms with Crippen LogP contribution < -0.4 is 5.32 Å². The van der Waals surface area contributed by atoms with E-state index in [1.54, 1.807) is 0 Å². The summed E-state index contributed by atoms with van der Waals surface area (Å²) in [5.41, 5.74) is 0. The zero-order valence-corrected chi connectivity index (χ0v) is 14.0. The van der Waals surface area contributed by atoms with Gasteiger partial charge in [-0.2, -0.15) is 4.98 Å². The third kappa shape index (κ3) is 3.83. The molecule has 1 aliphatic heterocycles. The van der Waals surface area contributed by atoms with E-state index in [0.29, 0.717) is 30.2 Å². The highest BCUT2D eigenvalue weighted by Gasteiger charge is 2.36. The van der Waals surface area contributed by atoms with Gasteiger partial charge in [-0.15, -0.1) is 0 Å². The first-order chi connectivity index (χ1) is 11.2. The lowest BCUT2D eigenvalue weighted by Gasteiger charge is -2.22. The van der Waals surface area contributed by atoms with Gasteiger partial charge in [0.2, 0.25) is 5.89 Å². The first-order valence-corrected chi connectivity index (χ1v) is 8.64. The number of carbonyl (C=O) groups excluding carboxylic acids is 1. The molecule has 7 nitrogen and oxygen atoms in total. The number of nitrogens with zero attached hydrogens (tertiary/aromatic N) is 3. The van der Waals surface area contributed by atoms with Crippen LogP contribution in [0.1, 0.15) is 57.3 Å². The average molecular weight is 322 g/mol. The largest absolute Gasteiger partial charge is 0.371 e. The number of likely N-dealkylation sites (tertiary alicyclic amines) is 1. The number of rotatable bonds is 5. The molecule has 0 aromatic carbocycles. The van der Waals surface area contributed by atoms with E-state index in [9.17, 15) is 4.79 Å². The Kier molecular flexibility index (Phi) is 5.15. The SMILES string of the molecule is CCO[C@H](C)c1noc(CNC(=O)N2C[C@@H]3CCCC[C@H]3C2)n1. The van der Waals surface area contributed by atoms with E-state index in [1.807, 2.05) is 18.7 Å². The maximum absolute atomic E-state index is 12.3. The summed E-state index contributed by atoms with van der Waals surface area (Å²) >= 11 is 0. The monoisotopic (exact) mass is 322 g/mol. The Morgan fingerprint density at radius 2 is 2.09 bits per heavy atom. The van der Waals surface area contributed by atoms with Gasteiger partial charge in [0, 0.05) is 19.7 Å². The molecule has 3 atom stereocenters. The molecule has 0 bridgehead atoms. The second kappa shape index (κ2) is 7.29. The molecular formula is C16H26N4O3.